The third-order valence-electron chi connectivity index (χ3n) is 4.89. The Morgan fingerprint density at radius 2 is 1.94 bits per heavy atom. The van der Waals surface area contributed by atoms with Gasteiger partial charge in [0.1, 0.15) is 18.1 Å². The van der Waals surface area contributed by atoms with E-state index >= 15 is 0 Å². The van der Waals surface area contributed by atoms with Crippen LogP contribution in [0.3, 0.4) is 0 Å². The molecular formula is C24H21N3O5S. The zero-order valence-electron chi connectivity index (χ0n) is 18.0. The number of amides is 1. The third kappa shape index (κ3) is 5.64. The monoisotopic (exact) mass is 463 g/mol. The first kappa shape index (κ1) is 22.2. The van der Waals surface area contributed by atoms with Crippen molar-refractivity contribution >= 4 is 28.1 Å². The molecule has 1 N–H and O–H groups in total. The number of ether oxygens (including phenoxy) is 1. The summed E-state index contributed by atoms with van der Waals surface area (Å²) in [5.74, 6) is 0.998. The van der Waals surface area contributed by atoms with Crippen LogP contribution in [0.4, 0.5) is 10.8 Å². The summed E-state index contributed by atoms with van der Waals surface area (Å²) in [4.78, 5) is 28.5. The Kier molecular flexibility index (Phi) is 6.50. The van der Waals surface area contributed by atoms with Gasteiger partial charge in [0.2, 0.25) is 0 Å². The topological polar surface area (TPSA) is 108 Å². The lowest BCUT2D eigenvalue weighted by atomic mass is 10.1. The number of furan rings is 1. The van der Waals surface area contributed by atoms with E-state index in [9.17, 15) is 14.9 Å². The number of carbonyl (C=O) groups excluding carboxylic acids is 1. The number of benzene rings is 2. The molecule has 0 unspecified atom stereocenters. The Morgan fingerprint density at radius 1 is 1.15 bits per heavy atom. The molecule has 1 amide bonds. The van der Waals surface area contributed by atoms with E-state index < -0.39 is 10.8 Å². The molecule has 2 heterocycles. The smallest absolute Gasteiger partial charge is 0.293 e. The van der Waals surface area contributed by atoms with E-state index in [4.69, 9.17) is 9.15 Å². The highest BCUT2D eigenvalue weighted by molar-refractivity contribution is 7.15. The fourth-order valence-corrected chi connectivity index (χ4v) is 4.13. The van der Waals surface area contributed by atoms with Crippen LogP contribution in [0, 0.1) is 24.0 Å². The number of hydrogen-bond donors (Lipinski definition) is 1. The molecule has 0 spiro atoms. The largest absolute Gasteiger partial charge is 0.486 e. The summed E-state index contributed by atoms with van der Waals surface area (Å²) in [6.45, 7) is 4.05. The number of anilines is 1. The van der Waals surface area contributed by atoms with Crippen LogP contribution >= 0.6 is 11.3 Å². The minimum absolute atomic E-state index is 0.0446. The summed E-state index contributed by atoms with van der Waals surface area (Å²) in [7, 11) is 0. The maximum absolute atomic E-state index is 12.6. The molecule has 2 aromatic carbocycles. The zero-order valence-corrected chi connectivity index (χ0v) is 18.8. The third-order valence-corrected chi connectivity index (χ3v) is 5.96. The minimum Gasteiger partial charge on any atom is -0.486 e. The molecule has 0 aliphatic rings. The molecule has 0 radical (unpaired) electrons. The second-order valence-electron chi connectivity index (χ2n) is 7.45. The fraction of sp³-hybridized carbons (Fsp3) is 0.167. The predicted molar refractivity (Wildman–Crippen MR) is 125 cm³/mol. The number of hydrogen-bond acceptors (Lipinski definition) is 7. The van der Waals surface area contributed by atoms with Gasteiger partial charge in [0, 0.05) is 23.4 Å². The molecule has 8 nitrogen and oxygen atoms in total. The first-order valence-corrected chi connectivity index (χ1v) is 11.0. The van der Waals surface area contributed by atoms with Gasteiger partial charge in [0.05, 0.1) is 10.6 Å². The first-order valence-electron chi connectivity index (χ1n) is 10.2. The van der Waals surface area contributed by atoms with Gasteiger partial charge in [-0.2, -0.15) is 0 Å². The maximum Gasteiger partial charge on any atom is 0.293 e. The molecule has 4 rings (SSSR count). The highest BCUT2D eigenvalue weighted by Gasteiger charge is 2.16. The normalized spacial score (nSPS) is 10.7. The van der Waals surface area contributed by atoms with E-state index in [2.05, 4.69) is 10.3 Å². The summed E-state index contributed by atoms with van der Waals surface area (Å²) >= 11 is 1.33. The molecular weight excluding hydrogens is 442 g/mol. The van der Waals surface area contributed by atoms with Crippen molar-refractivity contribution in [2.75, 3.05) is 5.32 Å². The Morgan fingerprint density at radius 3 is 2.70 bits per heavy atom. The number of aryl methyl sites for hydroxylation is 2. The van der Waals surface area contributed by atoms with Crippen molar-refractivity contribution in [3.8, 4) is 5.75 Å². The average molecular weight is 464 g/mol. The molecule has 168 valence electrons. The lowest BCUT2D eigenvalue weighted by molar-refractivity contribution is -0.384. The van der Waals surface area contributed by atoms with E-state index in [1.54, 1.807) is 24.3 Å². The number of rotatable bonds is 8. The first-order chi connectivity index (χ1) is 15.9. The number of nitro groups is 1. The number of nitrogens with zero attached hydrogens (tertiary/aromatic N) is 2. The summed E-state index contributed by atoms with van der Waals surface area (Å²) in [6, 6.07) is 17.4. The van der Waals surface area contributed by atoms with Gasteiger partial charge < -0.3 is 9.15 Å². The number of thiazole rings is 1. The van der Waals surface area contributed by atoms with Crippen molar-refractivity contribution in [3.63, 3.8) is 0 Å². The van der Waals surface area contributed by atoms with Crippen LogP contribution in [0.5, 0.6) is 5.75 Å². The second-order valence-corrected chi connectivity index (χ2v) is 8.54. The number of carbonyl (C=O) groups is 1. The Bertz CT molecular complexity index is 1290. The van der Waals surface area contributed by atoms with Gasteiger partial charge in [0.25, 0.3) is 11.6 Å². The SMILES string of the molecule is Cc1ccc(OCc2ccc(C(=O)Nc3nc(C)c(Cc4cccc([N+](=O)[O-])c4)s3)o2)cc1. The van der Waals surface area contributed by atoms with Crippen LogP contribution in [0.2, 0.25) is 0 Å². The van der Waals surface area contributed by atoms with Gasteiger partial charge in [-0.15, -0.1) is 11.3 Å². The van der Waals surface area contributed by atoms with E-state index in [1.807, 2.05) is 44.2 Å². The Hall–Kier alpha value is -3.98. The van der Waals surface area contributed by atoms with E-state index in [0.29, 0.717) is 17.3 Å². The van der Waals surface area contributed by atoms with Crippen LogP contribution in [-0.4, -0.2) is 15.8 Å². The van der Waals surface area contributed by atoms with Crippen molar-refractivity contribution in [3.05, 3.63) is 104 Å². The zero-order chi connectivity index (χ0) is 23.4. The van der Waals surface area contributed by atoms with Crippen LogP contribution in [0.25, 0.3) is 0 Å². The molecule has 0 atom stereocenters. The summed E-state index contributed by atoms with van der Waals surface area (Å²) < 4.78 is 11.3. The summed E-state index contributed by atoms with van der Waals surface area (Å²) in [6.07, 6.45) is 0.488. The molecule has 0 bridgehead atoms. The van der Waals surface area contributed by atoms with Crippen molar-refractivity contribution in [2.45, 2.75) is 26.9 Å². The standard InChI is InChI=1S/C24H21N3O5S/c1-15-6-8-19(9-7-15)31-14-20-10-11-21(32-20)23(28)26-24-25-16(2)22(33-24)13-17-4-3-5-18(12-17)27(29)30/h3-12H,13-14H2,1-2H3,(H,25,26,28). The Balaban J connectivity index is 1.37. The van der Waals surface area contributed by atoms with E-state index in [0.717, 1.165) is 27.4 Å². The number of non-ortho nitro benzene ring substituents is 1. The van der Waals surface area contributed by atoms with E-state index in [-0.39, 0.29) is 18.1 Å². The summed E-state index contributed by atoms with van der Waals surface area (Å²) in [5, 5.41) is 14.2. The number of nitrogens with one attached hydrogen (secondary N) is 1. The van der Waals surface area contributed by atoms with Crippen LogP contribution in [0.1, 0.15) is 38.0 Å². The van der Waals surface area contributed by atoms with Crippen molar-refractivity contribution in [1.82, 2.24) is 4.98 Å². The van der Waals surface area contributed by atoms with Gasteiger partial charge in [-0.3, -0.25) is 20.2 Å². The molecule has 0 aliphatic carbocycles. The molecule has 2 aromatic heterocycles. The molecule has 0 saturated carbocycles. The fourth-order valence-electron chi connectivity index (χ4n) is 3.14. The molecule has 33 heavy (non-hydrogen) atoms. The molecule has 0 aliphatic heterocycles. The van der Waals surface area contributed by atoms with Gasteiger partial charge in [-0.25, -0.2) is 4.98 Å². The summed E-state index contributed by atoms with van der Waals surface area (Å²) in [5.41, 5.74) is 2.75. The van der Waals surface area contributed by atoms with Crippen molar-refractivity contribution < 1.29 is 18.9 Å². The molecule has 0 saturated heterocycles. The molecule has 4 aromatic rings. The minimum atomic E-state index is -0.419. The van der Waals surface area contributed by atoms with Crippen LogP contribution in [-0.2, 0) is 13.0 Å². The number of aromatic nitrogens is 1. The molecule has 0 fully saturated rings. The lowest BCUT2D eigenvalue weighted by Gasteiger charge is -2.04. The maximum atomic E-state index is 12.6. The second kappa shape index (κ2) is 9.66. The van der Waals surface area contributed by atoms with E-state index in [1.165, 1.54) is 17.4 Å². The quantitative estimate of drug-likeness (QED) is 0.266. The van der Waals surface area contributed by atoms with Gasteiger partial charge in [-0.05, 0) is 43.7 Å². The Labute approximate surface area is 194 Å². The van der Waals surface area contributed by atoms with Crippen molar-refractivity contribution in [2.24, 2.45) is 0 Å². The van der Waals surface area contributed by atoms with Gasteiger partial charge in [0.15, 0.2) is 10.9 Å². The predicted octanol–water partition coefficient (Wildman–Crippen LogP) is 5.68. The lowest BCUT2D eigenvalue weighted by Crippen LogP contribution is -2.10. The van der Waals surface area contributed by atoms with Gasteiger partial charge >= 0.3 is 0 Å². The van der Waals surface area contributed by atoms with Crippen LogP contribution < -0.4 is 10.1 Å². The van der Waals surface area contributed by atoms with Gasteiger partial charge in [-0.1, -0.05) is 29.8 Å². The average Bonchev–Trinajstić information content (AvgIpc) is 3.40. The van der Waals surface area contributed by atoms with Crippen LogP contribution in [0.15, 0.2) is 65.1 Å². The number of nitro benzene ring substituents is 1. The molecule has 9 heteroatoms. The van der Waals surface area contributed by atoms with Crippen molar-refractivity contribution in [1.29, 1.82) is 0 Å². The highest BCUT2D eigenvalue weighted by atomic mass is 32.1. The highest BCUT2D eigenvalue weighted by Crippen LogP contribution is 2.27.